The number of carboxylic acids is 2. The van der Waals surface area contributed by atoms with Crippen LogP contribution in [-0.2, 0) is 9.59 Å². The van der Waals surface area contributed by atoms with E-state index >= 15 is 0 Å². The van der Waals surface area contributed by atoms with Gasteiger partial charge in [-0.25, -0.2) is 0 Å². The van der Waals surface area contributed by atoms with Gasteiger partial charge in [0.2, 0.25) is 0 Å². The number of hydrogen-bond donors (Lipinski definition) is 0. The van der Waals surface area contributed by atoms with Gasteiger partial charge in [0.05, 0.1) is 11.9 Å². The minimum Gasteiger partial charge on any atom is -0.549 e. The first-order valence-corrected chi connectivity index (χ1v) is 7.88. The zero-order valence-electron chi connectivity index (χ0n) is 14.9. The van der Waals surface area contributed by atoms with Crippen molar-refractivity contribution in [1.29, 1.82) is 0 Å². The quantitative estimate of drug-likeness (QED) is 0.189. The van der Waals surface area contributed by atoms with Crippen LogP contribution in [0.3, 0.4) is 0 Å². The van der Waals surface area contributed by atoms with Gasteiger partial charge in [-0.3, -0.25) is 0 Å². The minimum absolute atomic E-state index is 0. The molecule has 0 heterocycles. The van der Waals surface area contributed by atoms with Crippen LogP contribution in [0.15, 0.2) is 0 Å². The smallest absolute Gasteiger partial charge is 0.549 e. The van der Waals surface area contributed by atoms with E-state index in [1.54, 1.807) is 0 Å². The van der Waals surface area contributed by atoms with Crippen LogP contribution < -0.4 is 113 Å². The third-order valence-electron chi connectivity index (χ3n) is 3.93. The summed E-state index contributed by atoms with van der Waals surface area (Å²) in [6.07, 6.45) is 11.4. The molecule has 0 aliphatic carbocycles. The molecule has 0 atom stereocenters. The Labute approximate surface area is 220 Å². The number of aliphatic carboxylic acids is 2. The fraction of sp³-hybridized carbons (Fsp3) is 0.875. The van der Waals surface area contributed by atoms with Crippen LogP contribution in [0, 0.1) is 5.41 Å². The summed E-state index contributed by atoms with van der Waals surface area (Å²) in [6.45, 7) is 3.37. The van der Waals surface area contributed by atoms with Gasteiger partial charge in [-0.15, -0.1) is 0 Å². The maximum Gasteiger partial charge on any atom is 1.00 e. The molecule has 0 aromatic rings. The molecule has 0 bridgehead atoms. The van der Waals surface area contributed by atoms with Crippen molar-refractivity contribution >= 4 is 11.9 Å². The number of carbonyl (C=O) groups is 2. The van der Waals surface area contributed by atoms with E-state index in [9.17, 15) is 19.8 Å². The first kappa shape index (κ1) is 29.0. The average molecular weight is 363 g/mol. The Kier molecular flexibility index (Phi) is 23.7. The summed E-state index contributed by atoms with van der Waals surface area (Å²) in [6, 6.07) is 0. The Hall–Kier alpha value is 2.21. The van der Waals surface area contributed by atoms with E-state index in [0.717, 1.165) is 19.3 Å². The molecule has 0 unspecified atom stereocenters. The Morgan fingerprint density at radius 2 is 1.05 bits per heavy atom. The van der Waals surface area contributed by atoms with Crippen LogP contribution in [0.25, 0.3) is 0 Å². The molecule has 6 heteroatoms. The van der Waals surface area contributed by atoms with Crippen LogP contribution in [0.2, 0.25) is 0 Å². The van der Waals surface area contributed by atoms with Gasteiger partial charge < -0.3 is 19.8 Å². The molecule has 0 spiro atoms. The van der Waals surface area contributed by atoms with Crippen molar-refractivity contribution in [3.63, 3.8) is 0 Å². The minimum atomic E-state index is -1.85. The topological polar surface area (TPSA) is 80.3 Å². The van der Waals surface area contributed by atoms with E-state index in [0.29, 0.717) is 6.42 Å². The zero-order chi connectivity index (χ0) is 15.4. The van der Waals surface area contributed by atoms with Crippen molar-refractivity contribution < 1.29 is 123 Å². The third kappa shape index (κ3) is 13.5. The molecule has 0 saturated heterocycles. The van der Waals surface area contributed by atoms with Gasteiger partial charge in [-0.2, -0.15) is 0 Å². The van der Waals surface area contributed by atoms with Crippen molar-refractivity contribution in [2.75, 3.05) is 0 Å². The molecule has 0 fully saturated rings. The molecule has 0 aliphatic heterocycles. The summed E-state index contributed by atoms with van der Waals surface area (Å²) in [7, 11) is 0. The molecular weight excluding hydrogens is 334 g/mol. The Balaban J connectivity index is -0.00000180. The number of carboxylic acid groups (broad SMARTS) is 2. The summed E-state index contributed by atoms with van der Waals surface area (Å²) in [5.74, 6) is -3.10. The molecule has 0 rings (SSSR count). The summed E-state index contributed by atoms with van der Waals surface area (Å²) >= 11 is 0. The van der Waals surface area contributed by atoms with Crippen molar-refractivity contribution in [2.24, 2.45) is 5.41 Å². The summed E-state index contributed by atoms with van der Waals surface area (Å²) in [5, 5.41) is 21.6. The number of rotatable bonds is 13. The third-order valence-corrected chi connectivity index (χ3v) is 3.93. The molecule has 118 valence electrons. The first-order valence-electron chi connectivity index (χ1n) is 7.88. The zero-order valence-corrected chi connectivity index (χ0v) is 21.2. The molecule has 0 aromatic carbocycles. The normalized spacial score (nSPS) is 10.5. The van der Waals surface area contributed by atoms with Crippen LogP contribution in [-0.4, -0.2) is 11.9 Å². The molecule has 0 aliphatic rings. The fourth-order valence-electron chi connectivity index (χ4n) is 2.25. The molecule has 4 nitrogen and oxygen atoms in total. The van der Waals surface area contributed by atoms with Gasteiger partial charge in [-0.05, 0) is 13.3 Å². The van der Waals surface area contributed by atoms with E-state index in [1.807, 2.05) is 0 Å². The second kappa shape index (κ2) is 18.0. The monoisotopic (exact) mass is 362 g/mol. The summed E-state index contributed by atoms with van der Waals surface area (Å²) in [4.78, 5) is 21.6. The molecule has 0 amide bonds. The van der Waals surface area contributed by atoms with Crippen LogP contribution >= 0.6 is 0 Å². The van der Waals surface area contributed by atoms with Gasteiger partial charge in [0.15, 0.2) is 0 Å². The van der Waals surface area contributed by atoms with E-state index in [4.69, 9.17) is 0 Å². The van der Waals surface area contributed by atoms with Gasteiger partial charge in [0.25, 0.3) is 0 Å². The molecule has 0 aromatic heterocycles. The van der Waals surface area contributed by atoms with Gasteiger partial charge in [-0.1, -0.05) is 71.1 Å². The Morgan fingerprint density at radius 1 is 0.727 bits per heavy atom. The molecule has 22 heavy (non-hydrogen) atoms. The van der Waals surface area contributed by atoms with E-state index < -0.39 is 17.4 Å². The van der Waals surface area contributed by atoms with Gasteiger partial charge in [0.1, 0.15) is 0 Å². The average Bonchev–Trinajstić information content (AvgIpc) is 2.40. The first-order chi connectivity index (χ1) is 9.45. The van der Waals surface area contributed by atoms with Gasteiger partial charge in [0, 0.05) is 5.41 Å². The molecule has 0 saturated carbocycles. The van der Waals surface area contributed by atoms with E-state index in [1.165, 1.54) is 45.4 Å². The van der Waals surface area contributed by atoms with E-state index in [-0.39, 0.29) is 109 Å². The second-order valence-corrected chi connectivity index (χ2v) is 5.84. The summed E-state index contributed by atoms with van der Waals surface area (Å²) < 4.78 is 0. The molecule has 0 N–H and O–H groups in total. The van der Waals surface area contributed by atoms with Crippen LogP contribution in [0.1, 0.15) is 84.5 Å². The standard InChI is InChI=1S/C16H30O4.2K/c1-3-4-5-6-7-8-9-10-11-12-13-16(2,14(17)18)15(19)20;;/h3-13H2,1-2H3,(H,17,18)(H,19,20);;/q;2*+1/p-2. The predicted octanol–water partition coefficient (Wildman–Crippen LogP) is -4.19. The number of carbonyl (C=O) groups excluding carboxylic acids is 2. The Bertz CT molecular complexity index is 282. The van der Waals surface area contributed by atoms with E-state index in [2.05, 4.69) is 6.92 Å². The van der Waals surface area contributed by atoms with Crippen molar-refractivity contribution in [3.05, 3.63) is 0 Å². The van der Waals surface area contributed by atoms with Crippen LogP contribution in [0.4, 0.5) is 0 Å². The largest absolute Gasteiger partial charge is 1.00 e. The predicted molar refractivity (Wildman–Crippen MR) is 74.6 cm³/mol. The summed E-state index contributed by atoms with van der Waals surface area (Å²) in [5.41, 5.74) is -1.85. The molecular formula is C16H28K2O4. The molecule has 0 radical (unpaired) electrons. The van der Waals surface area contributed by atoms with Crippen molar-refractivity contribution in [3.8, 4) is 0 Å². The van der Waals surface area contributed by atoms with Crippen molar-refractivity contribution in [1.82, 2.24) is 0 Å². The van der Waals surface area contributed by atoms with Crippen molar-refractivity contribution in [2.45, 2.75) is 84.5 Å². The van der Waals surface area contributed by atoms with Gasteiger partial charge >= 0.3 is 103 Å². The fourth-order valence-corrected chi connectivity index (χ4v) is 2.25. The number of hydrogen-bond acceptors (Lipinski definition) is 4. The van der Waals surface area contributed by atoms with Crippen LogP contribution in [0.5, 0.6) is 0 Å². The SMILES string of the molecule is CCCCCCCCCCCCC(C)(C(=O)[O-])C(=O)[O-].[K+].[K+]. The number of unbranched alkanes of at least 4 members (excludes halogenated alkanes) is 9. The second-order valence-electron chi connectivity index (χ2n) is 5.84. The Morgan fingerprint density at radius 3 is 1.36 bits per heavy atom. The maximum atomic E-state index is 10.8. The maximum absolute atomic E-state index is 10.8.